The number of carbonyl (C=O) groups excluding carboxylic acids is 1. The van der Waals surface area contributed by atoms with Crippen LogP contribution < -0.4 is 10.6 Å². The van der Waals surface area contributed by atoms with Gasteiger partial charge in [0.2, 0.25) is 0 Å². The second-order valence-electron chi connectivity index (χ2n) is 5.96. The largest absolute Gasteiger partial charge is 0.478 e. The van der Waals surface area contributed by atoms with Crippen LogP contribution >= 0.6 is 0 Å². The highest BCUT2D eigenvalue weighted by molar-refractivity contribution is 6.06. The monoisotopic (exact) mass is 401 g/mol. The number of benzene rings is 2. The standard InChI is InChI=1S/C20H14F3N3O3/c21-20(22,23)14-4-5-16(25-15-3-1-2-13(10-15)19(28)29)17(11-14)26-18(27)12-6-8-24-9-7-12/h1-11,25H,(H,26,27)(H,28,29). The molecule has 3 aromatic rings. The van der Waals surface area contributed by atoms with Gasteiger partial charge in [-0.1, -0.05) is 6.07 Å². The molecule has 0 atom stereocenters. The van der Waals surface area contributed by atoms with E-state index in [2.05, 4.69) is 15.6 Å². The number of hydrogen-bond acceptors (Lipinski definition) is 4. The lowest BCUT2D eigenvalue weighted by molar-refractivity contribution is -0.137. The molecule has 0 fully saturated rings. The molecule has 0 radical (unpaired) electrons. The van der Waals surface area contributed by atoms with Gasteiger partial charge in [-0.25, -0.2) is 4.79 Å². The van der Waals surface area contributed by atoms with Gasteiger partial charge >= 0.3 is 12.1 Å². The van der Waals surface area contributed by atoms with Gasteiger partial charge in [0.1, 0.15) is 0 Å². The molecule has 9 heteroatoms. The summed E-state index contributed by atoms with van der Waals surface area (Å²) in [5.74, 6) is -1.76. The molecule has 1 aromatic heterocycles. The molecule has 3 N–H and O–H groups in total. The van der Waals surface area contributed by atoms with Crippen LogP contribution in [-0.2, 0) is 6.18 Å². The second kappa shape index (κ2) is 8.01. The average molecular weight is 401 g/mol. The van der Waals surface area contributed by atoms with E-state index in [1.165, 1.54) is 48.8 Å². The molecule has 0 bridgehead atoms. The molecule has 0 aliphatic rings. The van der Waals surface area contributed by atoms with E-state index in [1.807, 2.05) is 0 Å². The summed E-state index contributed by atoms with van der Waals surface area (Å²) in [4.78, 5) is 27.3. The van der Waals surface area contributed by atoms with Crippen LogP contribution in [0.1, 0.15) is 26.3 Å². The highest BCUT2D eigenvalue weighted by Crippen LogP contribution is 2.35. The topological polar surface area (TPSA) is 91.3 Å². The Morgan fingerprint density at radius 3 is 2.28 bits per heavy atom. The van der Waals surface area contributed by atoms with Crippen molar-refractivity contribution in [2.45, 2.75) is 6.18 Å². The third kappa shape index (κ3) is 4.89. The van der Waals surface area contributed by atoms with Gasteiger partial charge in [0.15, 0.2) is 0 Å². The number of carboxylic acid groups (broad SMARTS) is 1. The van der Waals surface area contributed by atoms with E-state index in [1.54, 1.807) is 6.07 Å². The lowest BCUT2D eigenvalue weighted by Crippen LogP contribution is -2.14. The number of rotatable bonds is 5. The molecule has 1 amide bonds. The first-order valence-corrected chi connectivity index (χ1v) is 8.27. The number of nitrogens with zero attached hydrogens (tertiary/aromatic N) is 1. The summed E-state index contributed by atoms with van der Waals surface area (Å²) in [5.41, 5.74) is -0.317. The number of alkyl halides is 3. The van der Waals surface area contributed by atoms with Crippen LogP contribution in [0.15, 0.2) is 67.0 Å². The van der Waals surface area contributed by atoms with Crippen molar-refractivity contribution in [2.75, 3.05) is 10.6 Å². The number of aromatic carboxylic acids is 1. The van der Waals surface area contributed by atoms with Gasteiger partial charge in [-0.3, -0.25) is 9.78 Å². The number of hydrogen-bond donors (Lipinski definition) is 3. The molecule has 148 valence electrons. The molecular weight excluding hydrogens is 387 g/mol. The van der Waals surface area contributed by atoms with Gasteiger partial charge < -0.3 is 15.7 Å². The van der Waals surface area contributed by atoms with Crippen LogP contribution in [-0.4, -0.2) is 22.0 Å². The second-order valence-corrected chi connectivity index (χ2v) is 5.96. The molecule has 0 saturated heterocycles. The Hall–Kier alpha value is -3.88. The lowest BCUT2D eigenvalue weighted by atomic mass is 10.1. The molecule has 2 aromatic carbocycles. The zero-order valence-corrected chi connectivity index (χ0v) is 14.7. The minimum atomic E-state index is -4.60. The van der Waals surface area contributed by atoms with Gasteiger partial charge in [-0.05, 0) is 48.5 Å². The van der Waals surface area contributed by atoms with Crippen LogP contribution in [0.3, 0.4) is 0 Å². The highest BCUT2D eigenvalue weighted by atomic mass is 19.4. The number of carbonyl (C=O) groups is 2. The van der Waals surface area contributed by atoms with Crippen molar-refractivity contribution < 1.29 is 27.9 Å². The van der Waals surface area contributed by atoms with E-state index in [0.717, 1.165) is 12.1 Å². The van der Waals surface area contributed by atoms with Gasteiger partial charge in [0, 0.05) is 23.6 Å². The maximum absolute atomic E-state index is 13.1. The van der Waals surface area contributed by atoms with Crippen molar-refractivity contribution in [1.29, 1.82) is 0 Å². The first-order chi connectivity index (χ1) is 13.7. The number of amides is 1. The SMILES string of the molecule is O=C(O)c1cccc(Nc2ccc(C(F)(F)F)cc2NC(=O)c2ccncc2)c1. The van der Waals surface area contributed by atoms with Crippen molar-refractivity contribution >= 4 is 28.9 Å². The van der Waals surface area contributed by atoms with Crippen molar-refractivity contribution in [3.63, 3.8) is 0 Å². The maximum Gasteiger partial charge on any atom is 0.416 e. The zero-order chi connectivity index (χ0) is 21.0. The Labute approximate surface area is 163 Å². The van der Waals surface area contributed by atoms with Gasteiger partial charge in [0.25, 0.3) is 5.91 Å². The Balaban J connectivity index is 1.96. The fraction of sp³-hybridized carbons (Fsp3) is 0.0500. The third-order valence-corrected chi connectivity index (χ3v) is 3.93. The molecule has 1 heterocycles. The molecule has 3 rings (SSSR count). The van der Waals surface area contributed by atoms with E-state index in [9.17, 15) is 22.8 Å². The van der Waals surface area contributed by atoms with Crippen molar-refractivity contribution in [1.82, 2.24) is 4.98 Å². The maximum atomic E-state index is 13.1. The van der Waals surface area contributed by atoms with Crippen LogP contribution in [0.4, 0.5) is 30.2 Å². The predicted octanol–water partition coefficient (Wildman–Crippen LogP) is 4.79. The zero-order valence-electron chi connectivity index (χ0n) is 14.7. The third-order valence-electron chi connectivity index (χ3n) is 3.93. The van der Waals surface area contributed by atoms with E-state index in [-0.39, 0.29) is 22.5 Å². The van der Waals surface area contributed by atoms with Gasteiger partial charge in [-0.2, -0.15) is 13.2 Å². The summed E-state index contributed by atoms with van der Waals surface area (Å²) < 4.78 is 39.4. The number of carboxylic acids is 1. The summed E-state index contributed by atoms with van der Waals surface area (Å²) >= 11 is 0. The van der Waals surface area contributed by atoms with Crippen LogP contribution in [0.2, 0.25) is 0 Å². The smallest absolute Gasteiger partial charge is 0.416 e. The Morgan fingerprint density at radius 2 is 1.62 bits per heavy atom. The fourth-order valence-corrected chi connectivity index (χ4v) is 2.52. The molecule has 0 spiro atoms. The minimum absolute atomic E-state index is 0.00397. The van der Waals surface area contributed by atoms with Gasteiger partial charge in [0.05, 0.1) is 22.5 Å². The summed E-state index contributed by atoms with van der Waals surface area (Å²) in [6, 6.07) is 11.4. The summed E-state index contributed by atoms with van der Waals surface area (Å²) in [6.07, 6.45) is -1.83. The Morgan fingerprint density at radius 1 is 0.897 bits per heavy atom. The van der Waals surface area contributed by atoms with E-state index >= 15 is 0 Å². The number of halogens is 3. The predicted molar refractivity (Wildman–Crippen MR) is 100 cm³/mol. The van der Waals surface area contributed by atoms with Crippen molar-refractivity contribution in [3.8, 4) is 0 Å². The first-order valence-electron chi connectivity index (χ1n) is 8.27. The van der Waals surface area contributed by atoms with Crippen LogP contribution in [0.25, 0.3) is 0 Å². The number of pyridine rings is 1. The summed E-state index contributed by atoms with van der Waals surface area (Å²) in [6.45, 7) is 0. The molecule has 6 nitrogen and oxygen atoms in total. The normalized spacial score (nSPS) is 11.0. The van der Waals surface area contributed by atoms with E-state index in [4.69, 9.17) is 5.11 Å². The van der Waals surface area contributed by atoms with Crippen molar-refractivity contribution in [3.05, 3.63) is 83.7 Å². The summed E-state index contributed by atoms with van der Waals surface area (Å²) in [7, 11) is 0. The molecule has 0 saturated carbocycles. The molecule has 29 heavy (non-hydrogen) atoms. The number of aromatic nitrogens is 1. The Kier molecular flexibility index (Phi) is 5.49. The quantitative estimate of drug-likeness (QED) is 0.572. The molecule has 0 aliphatic carbocycles. The number of anilines is 3. The molecule has 0 unspecified atom stereocenters. The minimum Gasteiger partial charge on any atom is -0.478 e. The first kappa shape index (κ1) is 19.9. The fourth-order valence-electron chi connectivity index (χ4n) is 2.52. The highest BCUT2D eigenvalue weighted by Gasteiger charge is 2.31. The van der Waals surface area contributed by atoms with Gasteiger partial charge in [-0.15, -0.1) is 0 Å². The lowest BCUT2D eigenvalue weighted by Gasteiger charge is -2.16. The molecule has 0 aliphatic heterocycles. The van der Waals surface area contributed by atoms with E-state index < -0.39 is 23.6 Å². The van der Waals surface area contributed by atoms with E-state index in [0.29, 0.717) is 5.69 Å². The summed E-state index contributed by atoms with van der Waals surface area (Å²) in [5, 5.41) is 14.4. The average Bonchev–Trinajstić information content (AvgIpc) is 2.69. The molecular formula is C20H14F3N3O3. The van der Waals surface area contributed by atoms with Crippen molar-refractivity contribution in [2.24, 2.45) is 0 Å². The van der Waals surface area contributed by atoms with Crippen LogP contribution in [0, 0.1) is 0 Å². The Bertz CT molecular complexity index is 1050. The van der Waals surface area contributed by atoms with Crippen LogP contribution in [0.5, 0.6) is 0 Å². The number of nitrogens with one attached hydrogen (secondary N) is 2.